The van der Waals surface area contributed by atoms with E-state index >= 15 is 0 Å². The van der Waals surface area contributed by atoms with Gasteiger partial charge >= 0.3 is 0 Å². The molecule has 0 N–H and O–H groups in total. The van der Waals surface area contributed by atoms with Crippen LogP contribution in [-0.2, 0) is 9.63 Å². The number of carbonyl (C=O) groups is 1. The van der Waals surface area contributed by atoms with Gasteiger partial charge in [0.1, 0.15) is 0 Å². The van der Waals surface area contributed by atoms with Gasteiger partial charge in [0.15, 0.2) is 0 Å². The maximum absolute atomic E-state index is 10.6. The zero-order valence-electron chi connectivity index (χ0n) is 8.45. The van der Waals surface area contributed by atoms with Gasteiger partial charge in [0.05, 0.1) is 12.6 Å². The van der Waals surface area contributed by atoms with Crippen molar-refractivity contribution in [1.82, 2.24) is 5.06 Å². The van der Waals surface area contributed by atoms with Crippen LogP contribution >= 0.6 is 0 Å². The average Bonchev–Trinajstić information content (AvgIpc) is 2.92. The normalized spacial score (nSPS) is 21.5. The first-order valence-electron chi connectivity index (χ1n) is 5.06. The quantitative estimate of drug-likeness (QED) is 0.344. The summed E-state index contributed by atoms with van der Waals surface area (Å²) in [7, 11) is 0. The molecular formula is C10H18NO2. The standard InChI is InChI=1S/C10H18NO2/c1-3-5-6-13-11(8-12)10-7-9(10)4-2/h8-9H,3-7H2,1-2H3. The van der Waals surface area contributed by atoms with Crippen molar-refractivity contribution < 1.29 is 9.63 Å². The maximum Gasteiger partial charge on any atom is 0.233 e. The van der Waals surface area contributed by atoms with Gasteiger partial charge in [-0.25, -0.2) is 5.06 Å². The second-order valence-corrected chi connectivity index (χ2v) is 3.42. The molecule has 0 aliphatic heterocycles. The van der Waals surface area contributed by atoms with Gasteiger partial charge in [-0.3, -0.25) is 9.63 Å². The van der Waals surface area contributed by atoms with Crippen molar-refractivity contribution in [2.45, 2.75) is 39.5 Å². The van der Waals surface area contributed by atoms with Crippen LogP contribution < -0.4 is 0 Å². The predicted octanol–water partition coefficient (Wildman–Crippen LogP) is 2.14. The molecule has 0 aromatic rings. The highest BCUT2D eigenvalue weighted by Crippen LogP contribution is 2.45. The average molecular weight is 184 g/mol. The summed E-state index contributed by atoms with van der Waals surface area (Å²) in [6.45, 7) is 4.88. The van der Waals surface area contributed by atoms with Crippen molar-refractivity contribution in [3.8, 4) is 0 Å². The van der Waals surface area contributed by atoms with Gasteiger partial charge < -0.3 is 0 Å². The lowest BCUT2D eigenvalue weighted by molar-refractivity contribution is -0.165. The summed E-state index contributed by atoms with van der Waals surface area (Å²) in [5.41, 5.74) is 0. The van der Waals surface area contributed by atoms with E-state index in [1.807, 2.05) is 0 Å². The lowest BCUT2D eigenvalue weighted by Gasteiger charge is -2.15. The third-order valence-corrected chi connectivity index (χ3v) is 2.37. The van der Waals surface area contributed by atoms with Crippen molar-refractivity contribution in [1.29, 1.82) is 0 Å². The van der Waals surface area contributed by atoms with Crippen LogP contribution in [0.5, 0.6) is 0 Å². The number of hydroxylamine groups is 2. The number of rotatable bonds is 7. The molecule has 3 heteroatoms. The molecule has 1 aliphatic rings. The van der Waals surface area contributed by atoms with Crippen LogP contribution in [0.15, 0.2) is 0 Å². The van der Waals surface area contributed by atoms with E-state index < -0.39 is 0 Å². The van der Waals surface area contributed by atoms with E-state index in [0.29, 0.717) is 12.5 Å². The summed E-state index contributed by atoms with van der Waals surface area (Å²) < 4.78 is 0. The Morgan fingerprint density at radius 1 is 1.62 bits per heavy atom. The molecule has 13 heavy (non-hydrogen) atoms. The third-order valence-electron chi connectivity index (χ3n) is 2.37. The second-order valence-electron chi connectivity index (χ2n) is 3.42. The molecule has 1 aliphatic carbocycles. The molecular weight excluding hydrogens is 166 g/mol. The van der Waals surface area contributed by atoms with Crippen molar-refractivity contribution in [3.63, 3.8) is 0 Å². The first-order valence-corrected chi connectivity index (χ1v) is 5.06. The third kappa shape index (κ3) is 2.99. The molecule has 0 heterocycles. The molecule has 0 aromatic heterocycles. The fourth-order valence-corrected chi connectivity index (χ4v) is 1.33. The van der Waals surface area contributed by atoms with E-state index in [4.69, 9.17) is 4.84 Å². The Labute approximate surface area is 80.0 Å². The lowest BCUT2D eigenvalue weighted by Crippen LogP contribution is -2.21. The van der Waals surface area contributed by atoms with E-state index in [0.717, 1.165) is 38.1 Å². The second kappa shape index (κ2) is 5.22. The molecule has 1 unspecified atom stereocenters. The maximum atomic E-state index is 10.6. The minimum Gasteiger partial charge on any atom is -0.276 e. The zero-order chi connectivity index (χ0) is 9.68. The van der Waals surface area contributed by atoms with E-state index in [9.17, 15) is 4.79 Å². The summed E-state index contributed by atoms with van der Waals surface area (Å²) in [5.74, 6) is 0.590. The fraction of sp³-hybridized carbons (Fsp3) is 0.800. The van der Waals surface area contributed by atoms with Gasteiger partial charge in [-0.2, -0.15) is 0 Å². The van der Waals surface area contributed by atoms with Crippen LogP contribution in [0.3, 0.4) is 0 Å². The predicted molar refractivity (Wildman–Crippen MR) is 50.4 cm³/mol. The molecule has 0 bridgehead atoms. The first kappa shape index (κ1) is 10.5. The Morgan fingerprint density at radius 3 is 2.85 bits per heavy atom. The number of amides is 1. The molecule has 1 saturated carbocycles. The smallest absolute Gasteiger partial charge is 0.233 e. The molecule has 1 rings (SSSR count). The molecule has 0 aromatic carbocycles. The molecule has 1 radical (unpaired) electrons. The lowest BCUT2D eigenvalue weighted by atomic mass is 10.3. The number of hydrogen-bond donors (Lipinski definition) is 0. The summed E-state index contributed by atoms with van der Waals surface area (Å²) in [6, 6.07) is 1.15. The Morgan fingerprint density at radius 2 is 2.38 bits per heavy atom. The first-order chi connectivity index (χ1) is 6.33. The van der Waals surface area contributed by atoms with Crippen LogP contribution in [0, 0.1) is 12.0 Å². The monoisotopic (exact) mass is 184 g/mol. The van der Waals surface area contributed by atoms with Crippen molar-refractivity contribution in [2.75, 3.05) is 6.61 Å². The Hall–Kier alpha value is -0.570. The SMILES string of the molecule is CCCCON(C=O)[C]1CC1CC. The van der Waals surface area contributed by atoms with E-state index in [1.54, 1.807) is 0 Å². The summed E-state index contributed by atoms with van der Waals surface area (Å²) in [4.78, 5) is 15.9. The largest absolute Gasteiger partial charge is 0.276 e. The van der Waals surface area contributed by atoms with Crippen LogP contribution in [0.1, 0.15) is 39.5 Å². The summed E-state index contributed by atoms with van der Waals surface area (Å²) in [6.07, 6.45) is 5.02. The van der Waals surface area contributed by atoms with E-state index in [2.05, 4.69) is 13.8 Å². The number of nitrogens with zero attached hydrogens (tertiary/aromatic N) is 1. The van der Waals surface area contributed by atoms with Crippen molar-refractivity contribution in [3.05, 3.63) is 6.04 Å². The van der Waals surface area contributed by atoms with Crippen molar-refractivity contribution >= 4 is 6.41 Å². The summed E-state index contributed by atoms with van der Waals surface area (Å²) in [5, 5.41) is 1.42. The number of carbonyl (C=O) groups excluding carboxylic acids is 1. The molecule has 0 saturated heterocycles. The minimum absolute atomic E-state index is 0.590. The van der Waals surface area contributed by atoms with Gasteiger partial charge in [0.2, 0.25) is 6.41 Å². The highest BCUT2D eigenvalue weighted by Gasteiger charge is 2.42. The highest BCUT2D eigenvalue weighted by atomic mass is 16.7. The molecule has 1 fully saturated rings. The van der Waals surface area contributed by atoms with Crippen LogP contribution in [0.2, 0.25) is 0 Å². The number of hydrogen-bond acceptors (Lipinski definition) is 2. The van der Waals surface area contributed by atoms with Crippen LogP contribution in [0.4, 0.5) is 0 Å². The molecule has 0 spiro atoms. The van der Waals surface area contributed by atoms with E-state index in [1.165, 1.54) is 5.06 Å². The van der Waals surface area contributed by atoms with Crippen molar-refractivity contribution in [2.24, 2.45) is 5.92 Å². The topological polar surface area (TPSA) is 29.5 Å². The fourth-order valence-electron chi connectivity index (χ4n) is 1.33. The number of unbranched alkanes of at least 4 members (excludes halogenated alkanes) is 1. The molecule has 3 nitrogen and oxygen atoms in total. The van der Waals surface area contributed by atoms with Gasteiger partial charge in [-0.15, -0.1) is 0 Å². The Bertz CT molecular complexity index is 161. The molecule has 1 amide bonds. The zero-order valence-corrected chi connectivity index (χ0v) is 8.45. The van der Waals surface area contributed by atoms with Crippen LogP contribution in [0.25, 0.3) is 0 Å². The van der Waals surface area contributed by atoms with Gasteiger partial charge in [-0.1, -0.05) is 26.7 Å². The Balaban J connectivity index is 2.16. The van der Waals surface area contributed by atoms with Crippen LogP contribution in [-0.4, -0.2) is 18.1 Å². The van der Waals surface area contributed by atoms with Gasteiger partial charge in [0, 0.05) is 0 Å². The Kier molecular flexibility index (Phi) is 4.22. The molecule has 1 atom stereocenters. The highest BCUT2D eigenvalue weighted by molar-refractivity contribution is 5.49. The minimum atomic E-state index is 0.590. The van der Waals surface area contributed by atoms with Gasteiger partial charge in [-0.05, 0) is 18.8 Å². The van der Waals surface area contributed by atoms with E-state index in [-0.39, 0.29) is 0 Å². The summed E-state index contributed by atoms with van der Waals surface area (Å²) >= 11 is 0. The van der Waals surface area contributed by atoms with Gasteiger partial charge in [0.25, 0.3) is 0 Å². The molecule has 75 valence electrons.